The molecule has 1 unspecified atom stereocenters. The summed E-state index contributed by atoms with van der Waals surface area (Å²) in [6, 6.07) is 3.19. The molecule has 0 spiro atoms. The summed E-state index contributed by atoms with van der Waals surface area (Å²) >= 11 is 1.49. The summed E-state index contributed by atoms with van der Waals surface area (Å²) in [6.07, 6.45) is 0.830. The number of hydrogen-bond donors (Lipinski definition) is 2. The predicted octanol–water partition coefficient (Wildman–Crippen LogP) is -0.232. The molecule has 1 saturated heterocycles. The number of nitrogens with two attached hydrogens (primary N) is 2. The third kappa shape index (κ3) is 3.78. The topological polar surface area (TPSA) is 92.7 Å². The van der Waals surface area contributed by atoms with Crippen LogP contribution in [0.3, 0.4) is 0 Å². The van der Waals surface area contributed by atoms with Gasteiger partial charge in [0.15, 0.2) is 0 Å². The van der Waals surface area contributed by atoms with E-state index in [2.05, 4.69) is 0 Å². The van der Waals surface area contributed by atoms with Crippen LogP contribution < -0.4 is 11.5 Å². The highest BCUT2D eigenvalue weighted by Crippen LogP contribution is 2.19. The molecule has 1 atom stereocenters. The van der Waals surface area contributed by atoms with Gasteiger partial charge in [0.1, 0.15) is 6.04 Å². The average Bonchev–Trinajstić information content (AvgIpc) is 2.85. The molecule has 110 valence electrons. The lowest BCUT2D eigenvalue weighted by atomic mass is 10.2. The first-order valence-corrected chi connectivity index (χ1v) is 7.54. The largest absolute Gasteiger partial charge is 0.369 e. The summed E-state index contributed by atoms with van der Waals surface area (Å²) in [7, 11) is 0. The van der Waals surface area contributed by atoms with Crippen LogP contribution >= 0.6 is 11.3 Å². The number of nitrogens with zero attached hydrogens (tertiary/aromatic N) is 2. The second-order valence-corrected chi connectivity index (χ2v) is 5.89. The van der Waals surface area contributed by atoms with Gasteiger partial charge in [-0.2, -0.15) is 0 Å². The van der Waals surface area contributed by atoms with Crippen LogP contribution in [0.5, 0.6) is 0 Å². The molecule has 0 bridgehead atoms. The van der Waals surface area contributed by atoms with Gasteiger partial charge in [-0.3, -0.25) is 14.5 Å². The molecule has 20 heavy (non-hydrogen) atoms. The van der Waals surface area contributed by atoms with E-state index in [0.717, 1.165) is 17.8 Å². The van der Waals surface area contributed by atoms with Crippen molar-refractivity contribution >= 4 is 23.2 Å². The van der Waals surface area contributed by atoms with E-state index in [1.807, 2.05) is 22.4 Å². The number of thiophene rings is 1. The fourth-order valence-electron chi connectivity index (χ4n) is 2.36. The van der Waals surface area contributed by atoms with Gasteiger partial charge < -0.3 is 16.4 Å². The average molecular weight is 296 g/mol. The molecule has 1 aromatic heterocycles. The summed E-state index contributed by atoms with van der Waals surface area (Å²) in [4.78, 5) is 28.0. The van der Waals surface area contributed by atoms with E-state index in [4.69, 9.17) is 11.5 Å². The van der Waals surface area contributed by atoms with Crippen LogP contribution in [0, 0.1) is 0 Å². The van der Waals surface area contributed by atoms with Crippen molar-refractivity contribution in [2.24, 2.45) is 11.5 Å². The maximum atomic E-state index is 12.4. The molecule has 6 nitrogen and oxygen atoms in total. The lowest BCUT2D eigenvalue weighted by Crippen LogP contribution is -2.41. The number of hydrogen-bond acceptors (Lipinski definition) is 5. The third-order valence-electron chi connectivity index (χ3n) is 3.40. The Bertz CT molecular complexity index is 463. The van der Waals surface area contributed by atoms with Crippen molar-refractivity contribution < 1.29 is 9.59 Å². The van der Waals surface area contributed by atoms with Crippen LogP contribution in [0.2, 0.25) is 0 Å². The van der Waals surface area contributed by atoms with Gasteiger partial charge in [0.05, 0.1) is 6.54 Å². The first kappa shape index (κ1) is 15.0. The normalized spacial score (nSPS) is 18.6. The molecule has 1 aliphatic heterocycles. The van der Waals surface area contributed by atoms with Gasteiger partial charge >= 0.3 is 0 Å². The maximum absolute atomic E-state index is 12.4. The van der Waals surface area contributed by atoms with Crippen molar-refractivity contribution in [1.82, 2.24) is 9.80 Å². The molecule has 0 aromatic carbocycles. The monoisotopic (exact) mass is 296 g/mol. The van der Waals surface area contributed by atoms with Crippen molar-refractivity contribution in [2.45, 2.75) is 12.5 Å². The molecule has 4 N–H and O–H groups in total. The van der Waals surface area contributed by atoms with Crippen LogP contribution in [-0.2, 0) is 9.59 Å². The van der Waals surface area contributed by atoms with E-state index in [1.165, 1.54) is 11.3 Å². The highest BCUT2D eigenvalue weighted by molar-refractivity contribution is 7.10. The quantitative estimate of drug-likeness (QED) is 0.802. The molecule has 1 fully saturated rings. The van der Waals surface area contributed by atoms with Gasteiger partial charge in [-0.1, -0.05) is 6.07 Å². The maximum Gasteiger partial charge on any atom is 0.244 e. The van der Waals surface area contributed by atoms with Gasteiger partial charge in [0, 0.05) is 31.1 Å². The van der Waals surface area contributed by atoms with E-state index in [-0.39, 0.29) is 18.4 Å². The standard InChI is InChI=1S/C13H20N4O2S/c14-11(18)9-16-4-2-5-17(7-6-16)13(19)12(15)10-3-1-8-20-10/h1,3,8,12H,2,4-7,9,15H2,(H2,14,18). The molecule has 0 radical (unpaired) electrons. The first-order valence-electron chi connectivity index (χ1n) is 6.66. The second-order valence-electron chi connectivity index (χ2n) is 4.91. The molecule has 2 rings (SSSR count). The molecular formula is C13H20N4O2S. The zero-order valence-electron chi connectivity index (χ0n) is 11.3. The molecule has 7 heteroatoms. The van der Waals surface area contributed by atoms with E-state index < -0.39 is 6.04 Å². The fourth-order valence-corrected chi connectivity index (χ4v) is 3.08. The lowest BCUT2D eigenvalue weighted by Gasteiger charge is -2.24. The van der Waals surface area contributed by atoms with Crippen molar-refractivity contribution in [3.63, 3.8) is 0 Å². The van der Waals surface area contributed by atoms with Gasteiger partial charge in [-0.05, 0) is 17.9 Å². The molecule has 0 saturated carbocycles. The smallest absolute Gasteiger partial charge is 0.244 e. The Morgan fingerprint density at radius 3 is 2.75 bits per heavy atom. The van der Waals surface area contributed by atoms with Gasteiger partial charge in [0.2, 0.25) is 11.8 Å². The Labute approximate surface area is 122 Å². The summed E-state index contributed by atoms with van der Waals surface area (Å²) in [5.41, 5.74) is 11.2. The van der Waals surface area contributed by atoms with E-state index in [9.17, 15) is 9.59 Å². The first-order chi connectivity index (χ1) is 9.58. The third-order valence-corrected chi connectivity index (χ3v) is 4.35. The van der Waals surface area contributed by atoms with Gasteiger partial charge in [0.25, 0.3) is 0 Å². The number of rotatable bonds is 4. The molecule has 1 aliphatic rings. The van der Waals surface area contributed by atoms with Gasteiger partial charge in [-0.15, -0.1) is 11.3 Å². The molecular weight excluding hydrogens is 276 g/mol. The van der Waals surface area contributed by atoms with Crippen LogP contribution in [-0.4, -0.2) is 54.3 Å². The molecule has 2 heterocycles. The minimum Gasteiger partial charge on any atom is -0.369 e. The van der Waals surface area contributed by atoms with Crippen LogP contribution in [0.15, 0.2) is 17.5 Å². The number of amides is 2. The van der Waals surface area contributed by atoms with Crippen LogP contribution in [0.1, 0.15) is 17.3 Å². The Morgan fingerprint density at radius 2 is 2.10 bits per heavy atom. The van der Waals surface area contributed by atoms with Crippen LogP contribution in [0.4, 0.5) is 0 Å². The van der Waals surface area contributed by atoms with Crippen molar-refractivity contribution in [2.75, 3.05) is 32.7 Å². The van der Waals surface area contributed by atoms with Crippen molar-refractivity contribution in [3.05, 3.63) is 22.4 Å². The molecule has 0 aliphatic carbocycles. The Hall–Kier alpha value is -1.44. The van der Waals surface area contributed by atoms with Crippen molar-refractivity contribution in [1.29, 1.82) is 0 Å². The summed E-state index contributed by atoms with van der Waals surface area (Å²) in [5.74, 6) is -0.381. The highest BCUT2D eigenvalue weighted by atomic mass is 32.1. The SMILES string of the molecule is NC(=O)CN1CCCN(C(=O)C(N)c2cccs2)CC1. The van der Waals surface area contributed by atoms with Crippen molar-refractivity contribution in [3.8, 4) is 0 Å². The Kier molecular flexibility index (Phi) is 5.11. The molecule has 1 aromatic rings. The van der Waals surface area contributed by atoms with E-state index in [0.29, 0.717) is 19.6 Å². The summed E-state index contributed by atoms with van der Waals surface area (Å²) in [5, 5.41) is 1.92. The van der Waals surface area contributed by atoms with E-state index >= 15 is 0 Å². The minimum absolute atomic E-state index is 0.0478. The highest BCUT2D eigenvalue weighted by Gasteiger charge is 2.25. The fraction of sp³-hybridized carbons (Fsp3) is 0.538. The minimum atomic E-state index is -0.585. The number of carbonyl (C=O) groups is 2. The zero-order chi connectivity index (χ0) is 14.5. The molecule has 2 amide bonds. The van der Waals surface area contributed by atoms with Gasteiger partial charge in [-0.25, -0.2) is 0 Å². The Balaban J connectivity index is 1.93. The number of primary amides is 1. The van der Waals surface area contributed by atoms with Crippen LogP contribution in [0.25, 0.3) is 0 Å². The summed E-state index contributed by atoms with van der Waals surface area (Å²) in [6.45, 7) is 2.95. The Morgan fingerprint density at radius 1 is 1.30 bits per heavy atom. The number of carbonyl (C=O) groups excluding carboxylic acids is 2. The predicted molar refractivity (Wildman–Crippen MR) is 78.1 cm³/mol. The second kappa shape index (κ2) is 6.83. The zero-order valence-corrected chi connectivity index (χ0v) is 12.1. The van der Waals surface area contributed by atoms with E-state index in [1.54, 1.807) is 4.90 Å². The lowest BCUT2D eigenvalue weighted by molar-refractivity contribution is -0.132. The summed E-state index contributed by atoms with van der Waals surface area (Å²) < 4.78 is 0.